The summed E-state index contributed by atoms with van der Waals surface area (Å²) < 4.78 is 411. The molecule has 8 aliphatic carbocycles. The average molecular weight is 2090 g/mol. The maximum Gasteiger partial charge on any atom is 0.432 e. The third-order valence-corrected chi connectivity index (χ3v) is 32.9. The van der Waals surface area contributed by atoms with Crippen molar-refractivity contribution in [3.63, 3.8) is 0 Å². The quantitative estimate of drug-likeness (QED) is 0.0255. The monoisotopic (exact) mass is 2090 g/mol. The van der Waals surface area contributed by atoms with E-state index in [-0.39, 0.29) is 72.2 Å². The van der Waals surface area contributed by atoms with E-state index in [1.54, 1.807) is 0 Å². The molecule has 0 atom stereocenters. The van der Waals surface area contributed by atoms with Crippen LogP contribution in [0.5, 0.6) is 23.0 Å². The highest BCUT2D eigenvalue weighted by atomic mass is 19.3. The molecule has 8 saturated carbocycles. The smallest absolute Gasteiger partial charge is 0.429 e. The third-order valence-electron chi connectivity index (χ3n) is 32.9. The highest BCUT2D eigenvalue weighted by molar-refractivity contribution is 5.39. The Bertz CT molecular complexity index is 5420. The van der Waals surface area contributed by atoms with Gasteiger partial charge in [-0.2, -0.15) is 35.1 Å². The van der Waals surface area contributed by atoms with Crippen LogP contribution >= 0.6 is 0 Å². The summed E-state index contributed by atoms with van der Waals surface area (Å²) in [6, 6.07) is 8.63. The normalized spacial score (nSPS) is 24.9. The molecule has 8 aromatic rings. The number of hydrogen-bond acceptors (Lipinski definition) is 4. The van der Waals surface area contributed by atoms with Crippen molar-refractivity contribution in [2.45, 2.75) is 345 Å². The summed E-state index contributed by atoms with van der Waals surface area (Å²) in [6.07, 6.45) is 27.9. The molecule has 0 radical (unpaired) electrons. The first-order valence-corrected chi connectivity index (χ1v) is 52.2. The van der Waals surface area contributed by atoms with Gasteiger partial charge in [0.2, 0.25) is 0 Å². The molecule has 146 heavy (non-hydrogen) atoms. The maximum atomic E-state index is 14.8. The van der Waals surface area contributed by atoms with Crippen molar-refractivity contribution in [1.82, 2.24) is 0 Å². The van der Waals surface area contributed by atoms with Gasteiger partial charge in [-0.15, -0.1) is 0 Å². The Hall–Kier alpha value is -9.00. The van der Waals surface area contributed by atoms with Crippen molar-refractivity contribution in [1.29, 1.82) is 0 Å². The Labute approximate surface area is 835 Å². The molecular formula is C114H128F28O4. The minimum atomic E-state index is -4.57. The van der Waals surface area contributed by atoms with Gasteiger partial charge in [0.1, 0.15) is 91.8 Å². The van der Waals surface area contributed by atoms with E-state index in [1.807, 2.05) is 0 Å². The lowest BCUT2D eigenvalue weighted by Crippen LogP contribution is -2.27. The largest absolute Gasteiger partial charge is 0.432 e. The number of alkyl halides is 8. The van der Waals surface area contributed by atoms with Crippen molar-refractivity contribution in [3.05, 3.63) is 258 Å². The molecule has 4 nitrogen and oxygen atoms in total. The molecule has 0 bridgehead atoms. The third kappa shape index (κ3) is 29.0. The minimum absolute atomic E-state index is 0.133. The Kier molecular flexibility index (Phi) is 39.7. The molecule has 0 N–H and O–H groups in total. The summed E-state index contributed by atoms with van der Waals surface area (Å²) in [6.45, 7) is 8.88. The summed E-state index contributed by atoms with van der Waals surface area (Å²) in [7, 11) is 0. The first-order chi connectivity index (χ1) is 69.3. The lowest BCUT2D eigenvalue weighted by Gasteiger charge is -2.38. The molecule has 0 unspecified atom stereocenters. The highest BCUT2D eigenvalue weighted by Gasteiger charge is 2.49. The Morgan fingerprint density at radius 1 is 0.192 bits per heavy atom. The highest BCUT2D eigenvalue weighted by Crippen LogP contribution is 2.54. The van der Waals surface area contributed by atoms with Crippen LogP contribution in [0.3, 0.4) is 0 Å². The summed E-state index contributed by atoms with van der Waals surface area (Å²) >= 11 is 0. The standard InChI is InChI=1S/C30H35F7O.C29H33F7O.C28H31F7O.C27H29F7O/c1-2-3-4-5-18-6-8-19(9-7-18)20-10-12-21(13-11-20)22-14-24(31)28(25(32)15-22)30(36,37)38-23-16-26(33)29(35)27(34)17-23;1-2-3-4-17-5-7-18(8-6-17)19-9-11-20(12-10-19)21-13-23(30)27(24(31)14-21)29(35,36)37-22-15-25(32)28(34)26(33)16-22;1-2-3-16-4-6-17(7-5-16)18-8-10-19(11-9-18)20-12-22(29)26(23(30)13-20)28(34,35)36-21-14-24(31)27(33)25(32)15-21;1-2-15-3-5-16(6-4-15)17-7-9-18(10-8-17)19-11-21(28)25(22(29)12-19)27(33,34)35-20-13-23(30)26(32)24(31)14-20/h14-21H,2-13H2,1H3;13-20H,2-12H2,1H3;12-19H,2-11H2,1H3;11-18H,2-10H2,1H3. The van der Waals surface area contributed by atoms with E-state index in [4.69, 9.17) is 0 Å². The van der Waals surface area contributed by atoms with Crippen molar-refractivity contribution < 1.29 is 142 Å². The number of benzene rings is 8. The molecule has 8 fully saturated rings. The van der Waals surface area contributed by atoms with Gasteiger partial charge in [0, 0.05) is 48.5 Å². The van der Waals surface area contributed by atoms with E-state index >= 15 is 0 Å². The van der Waals surface area contributed by atoms with Gasteiger partial charge in [-0.25, -0.2) is 87.8 Å². The van der Waals surface area contributed by atoms with E-state index in [0.29, 0.717) is 69.6 Å². The van der Waals surface area contributed by atoms with Gasteiger partial charge in [0.25, 0.3) is 0 Å². The molecule has 0 aliphatic heterocycles. The fourth-order valence-electron chi connectivity index (χ4n) is 24.8. The molecule has 0 amide bonds. The number of hydrogen-bond donors (Lipinski definition) is 0. The van der Waals surface area contributed by atoms with Crippen LogP contribution in [0.25, 0.3) is 0 Å². The van der Waals surface area contributed by atoms with Gasteiger partial charge in [0.15, 0.2) is 69.8 Å². The molecule has 8 aromatic carbocycles. The Morgan fingerprint density at radius 3 is 0.541 bits per heavy atom. The number of unbranched alkanes of at least 4 members (excludes halogenated alkanes) is 3. The van der Waals surface area contributed by atoms with Gasteiger partial charge >= 0.3 is 24.4 Å². The zero-order valence-electron chi connectivity index (χ0n) is 82.4. The number of halogens is 28. The van der Waals surface area contributed by atoms with Crippen LogP contribution in [-0.4, -0.2) is 0 Å². The topological polar surface area (TPSA) is 36.9 Å². The molecule has 0 aromatic heterocycles. The van der Waals surface area contributed by atoms with Crippen LogP contribution in [0.4, 0.5) is 123 Å². The van der Waals surface area contributed by atoms with E-state index in [0.717, 1.165) is 175 Å². The molecule has 0 spiro atoms. The molecule has 0 saturated heterocycles. The predicted octanol–water partition coefficient (Wildman–Crippen LogP) is 38.3. The Balaban J connectivity index is 0.000000163. The first kappa shape index (κ1) is 114. The van der Waals surface area contributed by atoms with Crippen LogP contribution in [-0.2, 0) is 24.4 Å². The molecule has 8 aliphatic rings. The molecule has 16 rings (SSSR count). The summed E-state index contributed by atoms with van der Waals surface area (Å²) in [5.74, 6) is -30.1. The molecule has 804 valence electrons. The molecule has 32 heteroatoms. The SMILES string of the molecule is CCC1CCC(C2CCC(c3cc(F)c(C(F)(F)Oc4cc(F)c(F)c(F)c4)c(F)c3)CC2)CC1.CCCC1CCC(C2CCC(c3cc(F)c(C(F)(F)Oc4cc(F)c(F)c(F)c4)c(F)c3)CC2)CC1.CCCCC1CCC(C2CCC(c3cc(F)c(C(F)(F)Oc4cc(F)c(F)c(F)c4)c(F)c3)CC2)CC1.CCCCCC1CCC(C2CCC(c3cc(F)c(C(F)(F)Oc4cc(F)c(F)c(F)c4)c(F)c3)CC2)CC1. The zero-order valence-corrected chi connectivity index (χ0v) is 82.4. The van der Waals surface area contributed by atoms with Gasteiger partial charge in [-0.1, -0.05) is 143 Å². The van der Waals surface area contributed by atoms with Crippen molar-refractivity contribution in [2.75, 3.05) is 0 Å². The maximum absolute atomic E-state index is 14.8. The summed E-state index contributed by atoms with van der Waals surface area (Å²) in [4.78, 5) is 0. The fraction of sp³-hybridized carbons (Fsp3) is 0.579. The van der Waals surface area contributed by atoms with E-state index in [2.05, 4.69) is 46.6 Å². The van der Waals surface area contributed by atoms with E-state index < -0.39 is 186 Å². The van der Waals surface area contributed by atoms with Gasteiger partial charge in [-0.05, 0) is 320 Å². The van der Waals surface area contributed by atoms with E-state index in [1.165, 1.54) is 167 Å². The second-order valence-corrected chi connectivity index (χ2v) is 42.1. The van der Waals surface area contributed by atoms with Crippen LogP contribution in [0.2, 0.25) is 0 Å². The zero-order chi connectivity index (χ0) is 106. The summed E-state index contributed by atoms with van der Waals surface area (Å²) in [5, 5.41) is 0. The second kappa shape index (κ2) is 50.7. The van der Waals surface area contributed by atoms with Gasteiger partial charge in [-0.3, -0.25) is 0 Å². The first-order valence-electron chi connectivity index (χ1n) is 52.2. The van der Waals surface area contributed by atoms with Crippen molar-refractivity contribution in [3.8, 4) is 23.0 Å². The van der Waals surface area contributed by atoms with Gasteiger partial charge < -0.3 is 18.9 Å². The Morgan fingerprint density at radius 2 is 0.363 bits per heavy atom. The lowest BCUT2D eigenvalue weighted by molar-refractivity contribution is -0.190. The van der Waals surface area contributed by atoms with Crippen LogP contribution in [0.1, 0.15) is 366 Å². The van der Waals surface area contributed by atoms with Crippen LogP contribution in [0, 0.1) is 187 Å². The predicted molar refractivity (Wildman–Crippen MR) is 498 cm³/mol. The van der Waals surface area contributed by atoms with Gasteiger partial charge in [0.05, 0.1) is 0 Å². The van der Waals surface area contributed by atoms with Crippen LogP contribution < -0.4 is 18.9 Å². The number of rotatable bonds is 30. The van der Waals surface area contributed by atoms with Crippen molar-refractivity contribution >= 4 is 0 Å². The van der Waals surface area contributed by atoms with Crippen LogP contribution in [0.15, 0.2) is 97.1 Å². The average Bonchev–Trinajstić information content (AvgIpc) is 0.784. The summed E-state index contributed by atoms with van der Waals surface area (Å²) in [5.41, 5.74) is -5.38. The molecular weight excluding hydrogens is 1970 g/mol. The molecule has 0 heterocycles. The second-order valence-electron chi connectivity index (χ2n) is 42.1. The van der Waals surface area contributed by atoms with E-state index in [9.17, 15) is 123 Å². The fourth-order valence-corrected chi connectivity index (χ4v) is 24.8. The minimum Gasteiger partial charge on any atom is -0.429 e. The lowest BCUT2D eigenvalue weighted by atomic mass is 9.68. The van der Waals surface area contributed by atoms with Crippen molar-refractivity contribution in [2.24, 2.45) is 71.0 Å². The number of ether oxygens (including phenoxy) is 4.